The van der Waals surface area contributed by atoms with Gasteiger partial charge in [0.15, 0.2) is 0 Å². The van der Waals surface area contributed by atoms with Crippen molar-refractivity contribution in [2.45, 2.75) is 25.4 Å². The summed E-state index contributed by atoms with van der Waals surface area (Å²) in [5, 5.41) is 0. The highest BCUT2D eigenvalue weighted by molar-refractivity contribution is 5.84. The SMILES string of the molecule is NNC(CC1CCCO1)=Nc1ccccc1. The molecule has 0 bridgehead atoms. The van der Waals surface area contributed by atoms with E-state index in [-0.39, 0.29) is 6.10 Å². The van der Waals surface area contributed by atoms with Crippen molar-refractivity contribution in [2.24, 2.45) is 10.8 Å². The number of ether oxygens (including phenoxy) is 1. The van der Waals surface area contributed by atoms with Gasteiger partial charge >= 0.3 is 0 Å². The number of para-hydroxylation sites is 1. The van der Waals surface area contributed by atoms with Crippen LogP contribution in [-0.2, 0) is 4.74 Å². The molecule has 1 aliphatic heterocycles. The molecule has 4 heteroatoms. The minimum absolute atomic E-state index is 0.263. The first-order valence-corrected chi connectivity index (χ1v) is 5.59. The quantitative estimate of drug-likeness (QED) is 0.352. The third-order valence-corrected chi connectivity index (χ3v) is 2.63. The molecule has 86 valence electrons. The predicted octanol–water partition coefficient (Wildman–Crippen LogP) is 1.75. The highest BCUT2D eigenvalue weighted by Gasteiger charge is 2.17. The molecule has 0 spiro atoms. The summed E-state index contributed by atoms with van der Waals surface area (Å²) in [4.78, 5) is 4.44. The van der Waals surface area contributed by atoms with E-state index in [2.05, 4.69) is 10.4 Å². The van der Waals surface area contributed by atoms with Gasteiger partial charge in [0.1, 0.15) is 5.84 Å². The van der Waals surface area contributed by atoms with Gasteiger partial charge in [-0.1, -0.05) is 18.2 Å². The lowest BCUT2D eigenvalue weighted by atomic mass is 10.2. The molecule has 1 heterocycles. The van der Waals surface area contributed by atoms with Crippen LogP contribution in [0.1, 0.15) is 19.3 Å². The van der Waals surface area contributed by atoms with Crippen LogP contribution in [0.3, 0.4) is 0 Å². The van der Waals surface area contributed by atoms with Crippen molar-refractivity contribution in [1.82, 2.24) is 5.43 Å². The molecule has 0 amide bonds. The Hall–Kier alpha value is -1.39. The molecule has 2 rings (SSSR count). The molecule has 3 N–H and O–H groups in total. The molecule has 1 unspecified atom stereocenters. The minimum atomic E-state index is 0.263. The predicted molar refractivity (Wildman–Crippen MR) is 64.5 cm³/mol. The van der Waals surface area contributed by atoms with Crippen molar-refractivity contribution in [3.05, 3.63) is 30.3 Å². The normalized spacial score (nSPS) is 21.1. The maximum absolute atomic E-state index is 5.55. The smallest absolute Gasteiger partial charge is 0.119 e. The van der Waals surface area contributed by atoms with Crippen molar-refractivity contribution in [3.8, 4) is 0 Å². The van der Waals surface area contributed by atoms with Crippen LogP contribution in [-0.4, -0.2) is 18.5 Å². The molecule has 1 aliphatic rings. The zero-order valence-electron chi connectivity index (χ0n) is 9.23. The zero-order chi connectivity index (χ0) is 11.2. The number of hydrazine groups is 1. The maximum atomic E-state index is 5.55. The summed E-state index contributed by atoms with van der Waals surface area (Å²) in [5.74, 6) is 6.24. The van der Waals surface area contributed by atoms with E-state index in [1.165, 1.54) is 0 Å². The van der Waals surface area contributed by atoms with Crippen LogP contribution < -0.4 is 11.3 Å². The average molecular weight is 219 g/mol. The fourth-order valence-corrected chi connectivity index (χ4v) is 1.82. The molecule has 0 saturated carbocycles. The van der Waals surface area contributed by atoms with Gasteiger partial charge in [-0.15, -0.1) is 0 Å². The summed E-state index contributed by atoms with van der Waals surface area (Å²) >= 11 is 0. The number of nitrogens with two attached hydrogens (primary N) is 1. The number of aliphatic imine (C=N–C) groups is 1. The number of hydrogen-bond acceptors (Lipinski definition) is 3. The Morgan fingerprint density at radius 1 is 1.44 bits per heavy atom. The molecule has 1 fully saturated rings. The number of benzene rings is 1. The molecular formula is C12H17N3O. The number of amidine groups is 1. The van der Waals surface area contributed by atoms with Gasteiger partial charge in [0, 0.05) is 13.0 Å². The minimum Gasteiger partial charge on any atom is -0.378 e. The number of rotatable bonds is 3. The van der Waals surface area contributed by atoms with Crippen LogP contribution in [0, 0.1) is 0 Å². The van der Waals surface area contributed by atoms with Gasteiger partial charge < -0.3 is 10.2 Å². The van der Waals surface area contributed by atoms with Gasteiger partial charge in [0.05, 0.1) is 11.8 Å². The Kier molecular flexibility index (Phi) is 3.91. The zero-order valence-corrected chi connectivity index (χ0v) is 9.23. The third-order valence-electron chi connectivity index (χ3n) is 2.63. The van der Waals surface area contributed by atoms with Crippen molar-refractivity contribution in [1.29, 1.82) is 0 Å². The Balaban J connectivity index is 2.01. The molecule has 1 aromatic carbocycles. The van der Waals surface area contributed by atoms with E-state index in [0.29, 0.717) is 0 Å². The lowest BCUT2D eigenvalue weighted by Gasteiger charge is -2.11. The summed E-state index contributed by atoms with van der Waals surface area (Å²) < 4.78 is 5.55. The summed E-state index contributed by atoms with van der Waals surface area (Å²) in [6.45, 7) is 0.855. The van der Waals surface area contributed by atoms with Gasteiger partial charge in [-0.3, -0.25) is 0 Å². The van der Waals surface area contributed by atoms with Crippen LogP contribution in [0.15, 0.2) is 35.3 Å². The maximum Gasteiger partial charge on any atom is 0.119 e. The fourth-order valence-electron chi connectivity index (χ4n) is 1.82. The third kappa shape index (κ3) is 3.05. The highest BCUT2D eigenvalue weighted by atomic mass is 16.5. The molecule has 1 aromatic rings. The monoisotopic (exact) mass is 219 g/mol. The number of hydrogen-bond donors (Lipinski definition) is 2. The van der Waals surface area contributed by atoms with E-state index in [4.69, 9.17) is 10.6 Å². The second-order valence-electron chi connectivity index (χ2n) is 3.88. The Labute approximate surface area is 95.5 Å². The standard InChI is InChI=1S/C12H17N3O/c13-15-12(9-11-7-4-8-16-11)14-10-5-2-1-3-6-10/h1-3,5-6,11H,4,7-9,13H2,(H,14,15). The van der Waals surface area contributed by atoms with Gasteiger partial charge in [-0.2, -0.15) is 0 Å². The molecule has 0 aliphatic carbocycles. The van der Waals surface area contributed by atoms with Crippen molar-refractivity contribution >= 4 is 11.5 Å². The van der Waals surface area contributed by atoms with Crippen molar-refractivity contribution in [3.63, 3.8) is 0 Å². The Morgan fingerprint density at radius 3 is 2.88 bits per heavy atom. The van der Waals surface area contributed by atoms with E-state index in [1.54, 1.807) is 0 Å². The van der Waals surface area contributed by atoms with Crippen LogP contribution in [0.25, 0.3) is 0 Å². The van der Waals surface area contributed by atoms with E-state index < -0.39 is 0 Å². The molecule has 1 saturated heterocycles. The molecule has 16 heavy (non-hydrogen) atoms. The number of nitrogens with one attached hydrogen (secondary N) is 1. The second kappa shape index (κ2) is 5.63. The lowest BCUT2D eigenvalue weighted by Crippen LogP contribution is -2.32. The van der Waals surface area contributed by atoms with Crippen molar-refractivity contribution < 1.29 is 4.74 Å². The first kappa shape index (κ1) is 11.1. The average Bonchev–Trinajstić information content (AvgIpc) is 2.82. The lowest BCUT2D eigenvalue weighted by molar-refractivity contribution is 0.116. The summed E-state index contributed by atoms with van der Waals surface area (Å²) in [6, 6.07) is 9.78. The topological polar surface area (TPSA) is 59.6 Å². The summed E-state index contributed by atoms with van der Waals surface area (Å²) in [5.41, 5.74) is 3.56. The van der Waals surface area contributed by atoms with E-state index >= 15 is 0 Å². The summed E-state index contributed by atoms with van der Waals surface area (Å²) in [7, 11) is 0. The fraction of sp³-hybridized carbons (Fsp3) is 0.417. The molecular weight excluding hydrogens is 202 g/mol. The van der Waals surface area contributed by atoms with Gasteiger partial charge in [-0.25, -0.2) is 10.8 Å². The van der Waals surface area contributed by atoms with Crippen LogP contribution in [0.5, 0.6) is 0 Å². The number of nitrogens with zero attached hydrogens (tertiary/aromatic N) is 1. The molecule has 0 aromatic heterocycles. The first-order valence-electron chi connectivity index (χ1n) is 5.59. The summed E-state index contributed by atoms with van der Waals surface area (Å²) in [6.07, 6.45) is 3.24. The Morgan fingerprint density at radius 2 is 2.25 bits per heavy atom. The van der Waals surface area contributed by atoms with Gasteiger partial charge in [0.2, 0.25) is 0 Å². The van der Waals surface area contributed by atoms with Crippen LogP contribution >= 0.6 is 0 Å². The molecule has 1 atom stereocenters. The second-order valence-corrected chi connectivity index (χ2v) is 3.88. The highest BCUT2D eigenvalue weighted by Crippen LogP contribution is 2.17. The van der Waals surface area contributed by atoms with Gasteiger partial charge in [-0.05, 0) is 25.0 Å². The van der Waals surface area contributed by atoms with E-state index in [1.807, 2.05) is 30.3 Å². The van der Waals surface area contributed by atoms with E-state index in [9.17, 15) is 0 Å². The molecule has 4 nitrogen and oxygen atoms in total. The van der Waals surface area contributed by atoms with Crippen LogP contribution in [0.2, 0.25) is 0 Å². The largest absolute Gasteiger partial charge is 0.378 e. The van der Waals surface area contributed by atoms with E-state index in [0.717, 1.165) is 37.4 Å². The first-order chi connectivity index (χ1) is 7.88. The molecule has 0 radical (unpaired) electrons. The Bertz CT molecular complexity index is 345. The van der Waals surface area contributed by atoms with Gasteiger partial charge in [0.25, 0.3) is 0 Å². The van der Waals surface area contributed by atoms with Crippen molar-refractivity contribution in [2.75, 3.05) is 6.61 Å². The van der Waals surface area contributed by atoms with Crippen LogP contribution in [0.4, 0.5) is 5.69 Å².